The summed E-state index contributed by atoms with van der Waals surface area (Å²) in [5.41, 5.74) is 2.38. The van der Waals surface area contributed by atoms with Crippen molar-refractivity contribution < 1.29 is 9.90 Å². The minimum absolute atomic E-state index is 0.132. The summed E-state index contributed by atoms with van der Waals surface area (Å²) < 4.78 is 0. The largest absolute Gasteiger partial charge is 0.393 e. The van der Waals surface area contributed by atoms with Crippen molar-refractivity contribution in [3.8, 4) is 0 Å². The fraction of sp³-hybridized carbons (Fsp3) is 0.611. The topological polar surface area (TPSA) is 67.8 Å². The smallest absolute Gasteiger partial charge is 0.315 e. The van der Waals surface area contributed by atoms with Gasteiger partial charge in [-0.15, -0.1) is 0 Å². The second kappa shape index (κ2) is 9.61. The number of likely N-dealkylation sites (tertiary alicyclic amines) is 1. The molecule has 1 aliphatic heterocycles. The Kier molecular flexibility index (Phi) is 7.49. The molecule has 0 atom stereocenters. The molecule has 6 nitrogen and oxygen atoms in total. The van der Waals surface area contributed by atoms with Crippen LogP contribution in [0.4, 0.5) is 4.79 Å². The van der Waals surface area contributed by atoms with Crippen molar-refractivity contribution in [2.45, 2.75) is 32.0 Å². The summed E-state index contributed by atoms with van der Waals surface area (Å²) in [6.07, 6.45) is 1.53. The first-order valence-corrected chi connectivity index (χ1v) is 8.68. The van der Waals surface area contributed by atoms with Crippen LogP contribution in [0.3, 0.4) is 0 Å². The van der Waals surface area contributed by atoms with Crippen molar-refractivity contribution in [1.29, 1.82) is 0 Å². The van der Waals surface area contributed by atoms with Gasteiger partial charge in [0.1, 0.15) is 0 Å². The first-order chi connectivity index (χ1) is 11.5. The summed E-state index contributed by atoms with van der Waals surface area (Å²) >= 11 is 0. The average molecular weight is 334 g/mol. The van der Waals surface area contributed by atoms with E-state index in [0.717, 1.165) is 44.6 Å². The Balaban J connectivity index is 1.81. The van der Waals surface area contributed by atoms with Crippen LogP contribution in [0.2, 0.25) is 0 Å². The average Bonchev–Trinajstić information content (AvgIpc) is 2.56. The molecule has 1 saturated heterocycles. The van der Waals surface area contributed by atoms with Crippen molar-refractivity contribution >= 4 is 6.03 Å². The number of urea groups is 1. The summed E-state index contributed by atoms with van der Waals surface area (Å²) in [7, 11) is 3.96. The van der Waals surface area contributed by atoms with Gasteiger partial charge in [-0.3, -0.25) is 4.90 Å². The Bertz CT molecular complexity index is 513. The van der Waals surface area contributed by atoms with Gasteiger partial charge in [0.25, 0.3) is 0 Å². The molecule has 1 aliphatic rings. The van der Waals surface area contributed by atoms with Crippen LogP contribution < -0.4 is 10.6 Å². The van der Waals surface area contributed by atoms with Crippen LogP contribution in [0.5, 0.6) is 0 Å². The maximum atomic E-state index is 11.9. The first kappa shape index (κ1) is 18.7. The third kappa shape index (κ3) is 6.47. The number of rotatable bonds is 7. The number of nitrogens with one attached hydrogen (secondary N) is 2. The highest BCUT2D eigenvalue weighted by Gasteiger charge is 2.17. The van der Waals surface area contributed by atoms with Crippen molar-refractivity contribution in [2.24, 2.45) is 0 Å². The molecule has 6 heteroatoms. The second-order valence-corrected chi connectivity index (χ2v) is 6.69. The number of nitrogens with zero attached hydrogens (tertiary/aromatic N) is 2. The van der Waals surface area contributed by atoms with Crippen molar-refractivity contribution in [3.63, 3.8) is 0 Å². The zero-order valence-electron chi connectivity index (χ0n) is 14.8. The molecule has 0 unspecified atom stereocenters. The molecule has 24 heavy (non-hydrogen) atoms. The van der Waals surface area contributed by atoms with Gasteiger partial charge in [0.2, 0.25) is 0 Å². The lowest BCUT2D eigenvalue weighted by molar-refractivity contribution is 0.0791. The Morgan fingerprint density at radius 1 is 1.21 bits per heavy atom. The molecule has 0 aromatic heterocycles. The Morgan fingerprint density at radius 3 is 2.54 bits per heavy atom. The highest BCUT2D eigenvalue weighted by Crippen LogP contribution is 2.16. The van der Waals surface area contributed by atoms with Crippen LogP contribution in [0.15, 0.2) is 24.3 Å². The molecule has 1 aromatic rings. The number of amides is 2. The van der Waals surface area contributed by atoms with E-state index in [1.807, 2.05) is 31.1 Å². The van der Waals surface area contributed by atoms with Crippen LogP contribution in [0.1, 0.15) is 24.0 Å². The maximum absolute atomic E-state index is 11.9. The minimum Gasteiger partial charge on any atom is -0.393 e. The van der Waals surface area contributed by atoms with E-state index in [1.165, 1.54) is 5.56 Å². The van der Waals surface area contributed by atoms with Gasteiger partial charge in [-0.2, -0.15) is 0 Å². The summed E-state index contributed by atoms with van der Waals surface area (Å²) in [5.74, 6) is 0. The number of carbonyl (C=O) groups excluding carboxylic acids is 1. The van der Waals surface area contributed by atoms with Gasteiger partial charge in [0.15, 0.2) is 0 Å². The lowest BCUT2D eigenvalue weighted by Gasteiger charge is -2.30. The van der Waals surface area contributed by atoms with E-state index >= 15 is 0 Å². The number of hydrogen-bond acceptors (Lipinski definition) is 4. The number of aliphatic hydroxyl groups is 1. The fourth-order valence-corrected chi connectivity index (χ4v) is 2.83. The Labute approximate surface area is 144 Å². The van der Waals surface area contributed by atoms with Gasteiger partial charge in [0, 0.05) is 39.3 Å². The van der Waals surface area contributed by atoms with Crippen LogP contribution in [0.25, 0.3) is 0 Å². The fourth-order valence-electron chi connectivity index (χ4n) is 2.83. The SMILES string of the molecule is CN(C)CCNC(=O)NCc1ccccc1CN1CCC(O)CC1. The molecule has 134 valence electrons. The molecule has 3 N–H and O–H groups in total. The number of carbonyl (C=O) groups is 1. The predicted octanol–water partition coefficient (Wildman–Crippen LogP) is 1.00. The number of aliphatic hydroxyl groups excluding tert-OH is 1. The van der Waals surface area contributed by atoms with E-state index < -0.39 is 0 Å². The van der Waals surface area contributed by atoms with Crippen LogP contribution in [-0.4, -0.2) is 67.3 Å². The van der Waals surface area contributed by atoms with E-state index in [-0.39, 0.29) is 12.1 Å². The number of benzene rings is 1. The van der Waals surface area contributed by atoms with E-state index in [2.05, 4.69) is 27.7 Å². The molecule has 0 spiro atoms. The van der Waals surface area contributed by atoms with Crippen molar-refractivity contribution in [2.75, 3.05) is 40.3 Å². The molecule has 1 fully saturated rings. The molecule has 1 heterocycles. The Morgan fingerprint density at radius 2 is 1.88 bits per heavy atom. The summed E-state index contributed by atoms with van der Waals surface area (Å²) in [6, 6.07) is 8.09. The molecule has 0 saturated carbocycles. The number of hydrogen-bond donors (Lipinski definition) is 3. The third-order valence-corrected chi connectivity index (χ3v) is 4.35. The van der Waals surface area contributed by atoms with E-state index in [9.17, 15) is 9.90 Å². The van der Waals surface area contributed by atoms with E-state index in [1.54, 1.807) is 0 Å². The molecule has 2 rings (SSSR count). The maximum Gasteiger partial charge on any atom is 0.315 e. The highest BCUT2D eigenvalue weighted by molar-refractivity contribution is 5.73. The van der Waals surface area contributed by atoms with Gasteiger partial charge >= 0.3 is 6.03 Å². The highest BCUT2D eigenvalue weighted by atomic mass is 16.3. The van der Waals surface area contributed by atoms with Crippen LogP contribution in [-0.2, 0) is 13.1 Å². The molecular weight excluding hydrogens is 304 g/mol. The number of likely N-dealkylation sites (N-methyl/N-ethyl adjacent to an activating group) is 1. The zero-order chi connectivity index (χ0) is 17.4. The van der Waals surface area contributed by atoms with Gasteiger partial charge in [-0.05, 0) is 38.1 Å². The number of piperidine rings is 1. The quantitative estimate of drug-likeness (QED) is 0.696. The normalized spacial score (nSPS) is 16.3. The van der Waals surface area contributed by atoms with Gasteiger partial charge < -0.3 is 20.6 Å². The third-order valence-electron chi connectivity index (χ3n) is 4.35. The standard InChI is InChI=1S/C18H30N4O2/c1-21(2)12-9-19-18(24)20-13-15-5-3-4-6-16(15)14-22-10-7-17(23)8-11-22/h3-6,17,23H,7-14H2,1-2H3,(H2,19,20,24). The summed E-state index contributed by atoms with van der Waals surface area (Å²) in [6.45, 7) is 4.70. The van der Waals surface area contributed by atoms with Crippen molar-refractivity contribution in [1.82, 2.24) is 20.4 Å². The molecular formula is C18H30N4O2. The summed E-state index contributed by atoms with van der Waals surface area (Å²) in [5, 5.41) is 15.4. The lowest BCUT2D eigenvalue weighted by Crippen LogP contribution is -2.39. The van der Waals surface area contributed by atoms with Gasteiger partial charge in [-0.25, -0.2) is 4.79 Å². The summed E-state index contributed by atoms with van der Waals surface area (Å²) in [4.78, 5) is 16.3. The van der Waals surface area contributed by atoms with Crippen LogP contribution >= 0.6 is 0 Å². The molecule has 1 aromatic carbocycles. The molecule has 2 amide bonds. The van der Waals surface area contributed by atoms with Crippen LogP contribution in [0, 0.1) is 0 Å². The van der Waals surface area contributed by atoms with Gasteiger partial charge in [0.05, 0.1) is 6.10 Å². The minimum atomic E-state index is -0.149. The Hall–Kier alpha value is -1.63. The van der Waals surface area contributed by atoms with E-state index in [4.69, 9.17) is 0 Å². The monoisotopic (exact) mass is 334 g/mol. The predicted molar refractivity (Wildman–Crippen MR) is 95.8 cm³/mol. The first-order valence-electron chi connectivity index (χ1n) is 8.68. The van der Waals surface area contributed by atoms with Gasteiger partial charge in [-0.1, -0.05) is 24.3 Å². The van der Waals surface area contributed by atoms with E-state index in [0.29, 0.717) is 13.1 Å². The molecule has 0 radical (unpaired) electrons. The zero-order valence-corrected chi connectivity index (χ0v) is 14.8. The second-order valence-electron chi connectivity index (χ2n) is 6.69. The molecule has 0 bridgehead atoms. The lowest BCUT2D eigenvalue weighted by atomic mass is 10.0. The molecule has 0 aliphatic carbocycles. The van der Waals surface area contributed by atoms with Crippen molar-refractivity contribution in [3.05, 3.63) is 35.4 Å².